The molecule has 6 heteroatoms. The Bertz CT molecular complexity index is 732. The number of hydrogen-bond donors (Lipinski definition) is 4. The molecule has 25 heavy (non-hydrogen) atoms. The lowest BCUT2D eigenvalue weighted by molar-refractivity contribution is -0.123. The van der Waals surface area contributed by atoms with Crippen LogP contribution in [0.15, 0.2) is 42.5 Å². The van der Waals surface area contributed by atoms with Crippen molar-refractivity contribution in [1.29, 1.82) is 0 Å². The highest BCUT2D eigenvalue weighted by atomic mass is 16.2. The summed E-state index contributed by atoms with van der Waals surface area (Å²) in [4.78, 5) is 23.7. The van der Waals surface area contributed by atoms with Crippen LogP contribution in [0.4, 0.5) is 4.79 Å². The standard InChI is InChI=1S/C19H26N4O2/c1-2-3-8-16(23-19(21)25)18(24)22-17(12-20)15-10-9-13-6-4-5-7-14(13)11-15/h4-7,9-11,16-17H,2-3,8,12,20H2,1H3,(H,22,24)(H3,21,23,25). The number of urea groups is 1. The Kier molecular flexibility index (Phi) is 6.77. The average Bonchev–Trinajstić information content (AvgIpc) is 2.62. The molecule has 0 aromatic heterocycles. The number of primary amides is 1. The molecule has 2 aromatic rings. The molecule has 0 saturated heterocycles. The van der Waals surface area contributed by atoms with Crippen molar-refractivity contribution in [3.05, 3.63) is 48.0 Å². The predicted octanol–water partition coefficient (Wildman–Crippen LogP) is 2.18. The monoisotopic (exact) mass is 342 g/mol. The van der Waals surface area contributed by atoms with E-state index >= 15 is 0 Å². The Hall–Kier alpha value is -2.60. The lowest BCUT2D eigenvalue weighted by Gasteiger charge is -2.22. The molecule has 0 aliphatic carbocycles. The number of benzene rings is 2. The molecule has 3 amide bonds. The van der Waals surface area contributed by atoms with Gasteiger partial charge in [0.25, 0.3) is 0 Å². The van der Waals surface area contributed by atoms with E-state index in [1.807, 2.05) is 49.4 Å². The van der Waals surface area contributed by atoms with Crippen molar-refractivity contribution in [1.82, 2.24) is 10.6 Å². The SMILES string of the molecule is CCCCC(NC(N)=O)C(=O)NC(CN)c1ccc2ccccc2c1. The number of unbranched alkanes of at least 4 members (excludes halogenated alkanes) is 1. The zero-order valence-electron chi connectivity index (χ0n) is 14.5. The molecule has 0 radical (unpaired) electrons. The van der Waals surface area contributed by atoms with Crippen molar-refractivity contribution < 1.29 is 9.59 Å². The Morgan fingerprint density at radius 2 is 1.80 bits per heavy atom. The van der Waals surface area contributed by atoms with Crippen molar-refractivity contribution >= 4 is 22.7 Å². The minimum absolute atomic E-state index is 0.265. The van der Waals surface area contributed by atoms with E-state index in [9.17, 15) is 9.59 Å². The lowest BCUT2D eigenvalue weighted by atomic mass is 10.0. The lowest BCUT2D eigenvalue weighted by Crippen LogP contribution is -2.50. The second-order valence-corrected chi connectivity index (χ2v) is 6.11. The molecule has 0 saturated carbocycles. The molecule has 2 aromatic carbocycles. The third-order valence-electron chi connectivity index (χ3n) is 4.21. The van der Waals surface area contributed by atoms with Crippen molar-refractivity contribution in [3.63, 3.8) is 0 Å². The van der Waals surface area contributed by atoms with Crippen molar-refractivity contribution in [2.75, 3.05) is 6.54 Å². The van der Waals surface area contributed by atoms with Crippen LogP contribution in [-0.4, -0.2) is 24.5 Å². The van der Waals surface area contributed by atoms with Gasteiger partial charge >= 0.3 is 6.03 Å². The maximum atomic E-state index is 12.6. The first-order valence-electron chi connectivity index (χ1n) is 8.60. The van der Waals surface area contributed by atoms with Gasteiger partial charge in [-0.2, -0.15) is 0 Å². The Morgan fingerprint density at radius 1 is 1.08 bits per heavy atom. The number of fused-ring (bicyclic) bond motifs is 1. The zero-order chi connectivity index (χ0) is 18.2. The highest BCUT2D eigenvalue weighted by Crippen LogP contribution is 2.20. The number of nitrogens with two attached hydrogens (primary N) is 2. The van der Waals surface area contributed by atoms with Gasteiger partial charge in [0.2, 0.25) is 5.91 Å². The van der Waals surface area contributed by atoms with E-state index in [-0.39, 0.29) is 18.5 Å². The second kappa shape index (κ2) is 9.03. The van der Waals surface area contributed by atoms with Crippen LogP contribution in [-0.2, 0) is 4.79 Å². The predicted molar refractivity (Wildman–Crippen MR) is 99.9 cm³/mol. The molecule has 0 fully saturated rings. The molecule has 6 N–H and O–H groups in total. The number of hydrogen-bond acceptors (Lipinski definition) is 3. The molecule has 2 atom stereocenters. The van der Waals surface area contributed by atoms with Gasteiger partial charge in [-0.3, -0.25) is 4.79 Å². The zero-order valence-corrected chi connectivity index (χ0v) is 14.5. The van der Waals surface area contributed by atoms with Crippen LogP contribution in [0.5, 0.6) is 0 Å². The van der Waals surface area contributed by atoms with Crippen LogP contribution < -0.4 is 22.1 Å². The van der Waals surface area contributed by atoms with Gasteiger partial charge < -0.3 is 22.1 Å². The third-order valence-corrected chi connectivity index (χ3v) is 4.21. The first-order chi connectivity index (χ1) is 12.0. The highest BCUT2D eigenvalue weighted by Gasteiger charge is 2.22. The van der Waals surface area contributed by atoms with Crippen molar-refractivity contribution in [2.45, 2.75) is 38.3 Å². The van der Waals surface area contributed by atoms with Crippen molar-refractivity contribution in [2.24, 2.45) is 11.5 Å². The van der Waals surface area contributed by atoms with Crippen LogP contribution >= 0.6 is 0 Å². The molecule has 2 unspecified atom stereocenters. The molecule has 6 nitrogen and oxygen atoms in total. The van der Waals surface area contributed by atoms with E-state index in [0.29, 0.717) is 6.42 Å². The average molecular weight is 342 g/mol. The topological polar surface area (TPSA) is 110 Å². The Morgan fingerprint density at radius 3 is 2.44 bits per heavy atom. The van der Waals surface area contributed by atoms with Crippen LogP contribution in [0.25, 0.3) is 10.8 Å². The summed E-state index contributed by atoms with van der Waals surface area (Å²) in [5.74, 6) is -0.268. The summed E-state index contributed by atoms with van der Waals surface area (Å²) in [5.41, 5.74) is 12.0. The second-order valence-electron chi connectivity index (χ2n) is 6.11. The van der Waals surface area contributed by atoms with Crippen molar-refractivity contribution in [3.8, 4) is 0 Å². The number of carbonyl (C=O) groups is 2. The fraction of sp³-hybridized carbons (Fsp3) is 0.368. The van der Waals surface area contributed by atoms with Crippen LogP contribution in [0.3, 0.4) is 0 Å². The van der Waals surface area contributed by atoms with Gasteiger partial charge in [-0.25, -0.2) is 4.79 Å². The van der Waals surface area contributed by atoms with Gasteiger partial charge in [-0.05, 0) is 28.8 Å². The molecule has 0 aliphatic heterocycles. The summed E-state index contributed by atoms with van der Waals surface area (Å²) in [6, 6.07) is 12.3. The fourth-order valence-electron chi connectivity index (χ4n) is 2.82. The van der Waals surface area contributed by atoms with Gasteiger partial charge in [0.1, 0.15) is 6.04 Å². The summed E-state index contributed by atoms with van der Waals surface area (Å²) in [6.45, 7) is 2.29. The molecule has 0 spiro atoms. The van der Waals surface area contributed by atoms with E-state index in [4.69, 9.17) is 11.5 Å². The normalized spacial score (nSPS) is 13.2. The first-order valence-corrected chi connectivity index (χ1v) is 8.60. The Balaban J connectivity index is 2.14. The molecule has 0 heterocycles. The minimum Gasteiger partial charge on any atom is -0.352 e. The molecule has 0 aliphatic rings. The van der Waals surface area contributed by atoms with Gasteiger partial charge in [0.05, 0.1) is 6.04 Å². The van der Waals surface area contributed by atoms with Gasteiger partial charge in [0, 0.05) is 6.54 Å². The molecule has 134 valence electrons. The number of amides is 3. The first kappa shape index (κ1) is 18.7. The summed E-state index contributed by atoms with van der Waals surface area (Å²) in [5, 5.41) is 7.66. The molecular formula is C19H26N4O2. The van der Waals surface area contributed by atoms with E-state index in [0.717, 1.165) is 29.2 Å². The fourth-order valence-corrected chi connectivity index (χ4v) is 2.82. The molecule has 2 rings (SSSR count). The van der Waals surface area contributed by atoms with Crippen LogP contribution in [0.2, 0.25) is 0 Å². The minimum atomic E-state index is -0.703. The maximum Gasteiger partial charge on any atom is 0.312 e. The number of carbonyl (C=O) groups excluding carboxylic acids is 2. The third kappa shape index (κ3) is 5.19. The van der Waals surface area contributed by atoms with E-state index in [1.54, 1.807) is 0 Å². The van der Waals surface area contributed by atoms with Crippen LogP contribution in [0.1, 0.15) is 37.8 Å². The molecular weight excluding hydrogens is 316 g/mol. The van der Waals surface area contributed by atoms with E-state index in [1.165, 1.54) is 0 Å². The molecule has 0 bridgehead atoms. The smallest absolute Gasteiger partial charge is 0.312 e. The highest BCUT2D eigenvalue weighted by molar-refractivity contribution is 5.87. The van der Waals surface area contributed by atoms with Crippen LogP contribution in [0, 0.1) is 0 Å². The summed E-state index contributed by atoms with van der Waals surface area (Å²) >= 11 is 0. The van der Waals surface area contributed by atoms with E-state index < -0.39 is 12.1 Å². The van der Waals surface area contributed by atoms with Gasteiger partial charge in [-0.1, -0.05) is 56.2 Å². The maximum absolute atomic E-state index is 12.6. The van der Waals surface area contributed by atoms with Gasteiger partial charge in [0.15, 0.2) is 0 Å². The number of rotatable bonds is 8. The Labute approximate surface area is 148 Å². The largest absolute Gasteiger partial charge is 0.352 e. The summed E-state index contributed by atoms with van der Waals surface area (Å²) in [7, 11) is 0. The quantitative estimate of drug-likeness (QED) is 0.590. The summed E-state index contributed by atoms with van der Waals surface area (Å²) < 4.78 is 0. The summed E-state index contributed by atoms with van der Waals surface area (Å²) in [6.07, 6.45) is 2.29. The number of nitrogens with one attached hydrogen (secondary N) is 2. The van der Waals surface area contributed by atoms with E-state index in [2.05, 4.69) is 10.6 Å². The van der Waals surface area contributed by atoms with Gasteiger partial charge in [-0.15, -0.1) is 0 Å².